The number of phenols is 1. The van der Waals surface area contributed by atoms with Gasteiger partial charge in [-0.3, -0.25) is 0 Å². The summed E-state index contributed by atoms with van der Waals surface area (Å²) in [6.45, 7) is 22.4. The summed E-state index contributed by atoms with van der Waals surface area (Å²) in [6.07, 6.45) is 2.05. The van der Waals surface area contributed by atoms with E-state index >= 15 is 0 Å². The molecule has 52 heavy (non-hydrogen) atoms. The average Bonchev–Trinajstić information content (AvgIpc) is 3.47. The van der Waals surface area contributed by atoms with Crippen molar-refractivity contribution in [3.8, 4) is 17.4 Å². The summed E-state index contributed by atoms with van der Waals surface area (Å²) in [4.78, 5) is 12.9. The van der Waals surface area contributed by atoms with Gasteiger partial charge in [0.25, 0.3) is 0 Å². The first-order valence-electron chi connectivity index (χ1n) is 18.7. The molecule has 7 rings (SSSR count). The van der Waals surface area contributed by atoms with E-state index in [4.69, 9.17) is 14.7 Å². The third kappa shape index (κ3) is 7.06. The second-order valence-electron chi connectivity index (χ2n) is 16.6. The van der Waals surface area contributed by atoms with Gasteiger partial charge in [0.05, 0.1) is 17.9 Å². The number of pyridine rings is 1. The minimum atomic E-state index is -0.0907. The predicted molar refractivity (Wildman–Crippen MR) is 211 cm³/mol. The second-order valence-corrected chi connectivity index (χ2v) is 16.6. The molecule has 0 radical (unpaired) electrons. The van der Waals surface area contributed by atoms with Gasteiger partial charge in [0.15, 0.2) is 0 Å². The van der Waals surface area contributed by atoms with Gasteiger partial charge in [-0.2, -0.15) is 0 Å². The smallest absolute Gasteiger partial charge is 0.217 e. The van der Waals surface area contributed by atoms with Crippen LogP contribution in [-0.4, -0.2) is 22.0 Å². The molecular weight excluding hydrogens is 822 g/mol. The Hall–Kier alpha value is -3.95. The van der Waals surface area contributed by atoms with Gasteiger partial charge >= 0.3 is 0 Å². The minimum Gasteiger partial charge on any atom is -0.506 e. The number of aliphatic imine (C=N–C) groups is 1. The van der Waals surface area contributed by atoms with Crippen molar-refractivity contribution in [2.24, 2.45) is 4.99 Å². The van der Waals surface area contributed by atoms with Crippen LogP contribution in [0.1, 0.15) is 137 Å². The van der Waals surface area contributed by atoms with E-state index in [2.05, 4.69) is 129 Å². The van der Waals surface area contributed by atoms with Crippen LogP contribution < -0.4 is 9.64 Å². The van der Waals surface area contributed by atoms with Crippen molar-refractivity contribution < 1.29 is 30.9 Å². The molecule has 2 atom stereocenters. The van der Waals surface area contributed by atoms with Crippen molar-refractivity contribution in [3.63, 3.8) is 0 Å². The van der Waals surface area contributed by atoms with E-state index < -0.39 is 0 Å². The fraction of sp³-hybridized carbons (Fsp3) is 0.391. The van der Waals surface area contributed by atoms with Gasteiger partial charge in [-0.1, -0.05) is 118 Å². The Bertz CT molecular complexity index is 2130. The summed E-state index contributed by atoms with van der Waals surface area (Å²) in [7, 11) is 0. The van der Waals surface area contributed by atoms with Gasteiger partial charge in [0.2, 0.25) is 5.88 Å². The Morgan fingerprint density at radius 1 is 0.865 bits per heavy atom. The largest absolute Gasteiger partial charge is 0.506 e. The summed E-state index contributed by atoms with van der Waals surface area (Å²) in [5.74, 6) is 3.19. The monoisotopic (exact) mass is 873 g/mol. The van der Waals surface area contributed by atoms with Crippen molar-refractivity contribution in [2.75, 3.05) is 4.90 Å². The van der Waals surface area contributed by atoms with E-state index in [0.29, 0.717) is 34.9 Å². The van der Waals surface area contributed by atoms with Crippen LogP contribution >= 0.6 is 0 Å². The zero-order valence-electron chi connectivity index (χ0n) is 32.2. The van der Waals surface area contributed by atoms with E-state index in [0.717, 1.165) is 40.8 Å². The number of benzene rings is 4. The third-order valence-corrected chi connectivity index (χ3v) is 10.7. The molecular formula is C46H52N3O2Pt-. The van der Waals surface area contributed by atoms with Crippen LogP contribution in [0.5, 0.6) is 17.4 Å². The number of fused-ring (bicyclic) bond motifs is 4. The van der Waals surface area contributed by atoms with Crippen LogP contribution in [0.2, 0.25) is 0 Å². The number of ether oxygens (including phenoxy) is 1. The zero-order valence-corrected chi connectivity index (χ0v) is 34.5. The topological polar surface area (TPSA) is 58.0 Å². The number of hydrogen-bond donors (Lipinski definition) is 1. The summed E-state index contributed by atoms with van der Waals surface area (Å²) in [5, 5.41) is 11.8. The van der Waals surface area contributed by atoms with E-state index in [-0.39, 0.29) is 44.3 Å². The van der Waals surface area contributed by atoms with Gasteiger partial charge in [-0.05, 0) is 87.6 Å². The van der Waals surface area contributed by atoms with Crippen LogP contribution in [0.15, 0.2) is 77.8 Å². The number of aromatic nitrogens is 1. The summed E-state index contributed by atoms with van der Waals surface area (Å²) >= 11 is 0. The average molecular weight is 874 g/mol. The summed E-state index contributed by atoms with van der Waals surface area (Å²) < 4.78 is 6.45. The molecule has 0 spiro atoms. The molecule has 2 aliphatic rings. The van der Waals surface area contributed by atoms with Crippen molar-refractivity contribution in [1.29, 1.82) is 0 Å². The number of nitrogens with zero attached hydrogens (tertiary/aromatic N) is 3. The standard InChI is InChI=1S/C46H52N3O2.Pt/c1-26(2)32-23-37(27(3)4)44(38(24-32)28(5)6)49-39-17-15-30-13-11-12-14-36(30)43(39)48-45(49)33-19-29(7)20-35(22-33)51-41-18-16-31-21-34(46(8,9)10)25-40(50)42(31)47-41;/h11-14,16,18-21,23-28,39,43,50H,15,17H2,1-10H3;/q-1;/t39-,43+;/m1./s1. The zero-order chi connectivity index (χ0) is 36.4. The molecule has 1 aromatic heterocycles. The molecule has 0 saturated carbocycles. The molecule has 0 fully saturated rings. The van der Waals surface area contributed by atoms with Gasteiger partial charge in [-0.15, -0.1) is 17.2 Å². The van der Waals surface area contributed by atoms with Crippen LogP contribution in [-0.2, 0) is 32.9 Å². The van der Waals surface area contributed by atoms with Crippen LogP contribution in [0.4, 0.5) is 5.69 Å². The number of anilines is 1. The van der Waals surface area contributed by atoms with Gasteiger partial charge in [0, 0.05) is 44.0 Å². The van der Waals surface area contributed by atoms with Crippen molar-refractivity contribution >= 4 is 22.4 Å². The molecule has 1 N–H and O–H groups in total. The fourth-order valence-corrected chi connectivity index (χ4v) is 7.82. The fourth-order valence-electron chi connectivity index (χ4n) is 7.82. The SMILES string of the molecule is Cc1cc(Oc2ccc3cc(C(C)(C)C)cc(O)c3n2)[c-]c(C2=N[C@H]3c4ccccc4CC[C@H]3N2c2c(C(C)C)cc(C(C)C)cc2C(C)C)c1.[Pt]. The molecule has 274 valence electrons. The van der Waals surface area contributed by atoms with Gasteiger partial charge in [0.1, 0.15) is 11.3 Å². The van der Waals surface area contributed by atoms with Gasteiger partial charge < -0.3 is 19.7 Å². The summed E-state index contributed by atoms with van der Waals surface area (Å²) in [5.41, 5.74) is 11.6. The minimum absolute atomic E-state index is 0. The Kier molecular flexibility index (Phi) is 10.5. The van der Waals surface area contributed by atoms with Crippen LogP contribution in [0, 0.1) is 13.0 Å². The number of phenolic OH excluding ortho intramolecular Hbond substituents is 1. The quantitative estimate of drug-likeness (QED) is 0.166. The molecule has 4 aromatic carbocycles. The first-order chi connectivity index (χ1) is 24.2. The maximum Gasteiger partial charge on any atom is 0.217 e. The number of aromatic hydroxyl groups is 1. The number of aryl methyl sites for hydroxylation is 2. The molecule has 5 aromatic rings. The van der Waals surface area contributed by atoms with E-state index in [1.165, 1.54) is 33.5 Å². The molecule has 1 aliphatic carbocycles. The molecule has 5 nitrogen and oxygen atoms in total. The van der Waals surface area contributed by atoms with Gasteiger partial charge in [-0.25, -0.2) is 4.98 Å². The Morgan fingerprint density at radius 2 is 1.56 bits per heavy atom. The van der Waals surface area contributed by atoms with E-state index in [1.807, 2.05) is 24.3 Å². The Balaban J connectivity index is 0.00000464. The number of hydrogen-bond acceptors (Lipinski definition) is 5. The van der Waals surface area contributed by atoms with E-state index in [9.17, 15) is 5.11 Å². The van der Waals surface area contributed by atoms with Crippen molar-refractivity contribution in [3.05, 3.63) is 123 Å². The molecule has 0 saturated heterocycles. The molecule has 0 unspecified atom stereocenters. The maximum absolute atomic E-state index is 11.0. The van der Waals surface area contributed by atoms with Crippen molar-refractivity contribution in [2.45, 2.75) is 117 Å². The van der Waals surface area contributed by atoms with Crippen LogP contribution in [0.3, 0.4) is 0 Å². The maximum atomic E-state index is 11.0. The second kappa shape index (κ2) is 14.5. The Labute approximate surface area is 324 Å². The molecule has 2 heterocycles. The number of amidine groups is 1. The summed E-state index contributed by atoms with van der Waals surface area (Å²) in [6, 6.07) is 29.5. The molecule has 0 amide bonds. The first-order valence-corrected chi connectivity index (χ1v) is 18.7. The first kappa shape index (κ1) is 37.8. The van der Waals surface area contributed by atoms with E-state index in [1.54, 1.807) is 0 Å². The van der Waals surface area contributed by atoms with Crippen molar-refractivity contribution in [1.82, 2.24) is 4.98 Å². The predicted octanol–water partition coefficient (Wildman–Crippen LogP) is 11.8. The third-order valence-electron chi connectivity index (χ3n) is 10.7. The molecule has 0 bridgehead atoms. The van der Waals surface area contributed by atoms with Crippen LogP contribution in [0.25, 0.3) is 10.9 Å². The Morgan fingerprint density at radius 3 is 2.21 bits per heavy atom. The normalized spacial score (nSPS) is 17.0. The molecule has 6 heteroatoms. The number of rotatable bonds is 7. The molecule has 1 aliphatic heterocycles.